The van der Waals surface area contributed by atoms with Gasteiger partial charge in [0.15, 0.2) is 5.11 Å². The van der Waals surface area contributed by atoms with Gasteiger partial charge in [-0.2, -0.15) is 0 Å². The van der Waals surface area contributed by atoms with Crippen LogP contribution in [0.5, 0.6) is 0 Å². The number of rotatable bonds is 3. The molecule has 1 N–H and O–H groups in total. The number of nitrogens with zero attached hydrogens (tertiary/aromatic N) is 2. The fourth-order valence-electron chi connectivity index (χ4n) is 3.83. The lowest BCUT2D eigenvalue weighted by molar-refractivity contribution is -0.122. The molecule has 2 amide bonds. The quantitative estimate of drug-likeness (QED) is 0.360. The summed E-state index contributed by atoms with van der Waals surface area (Å²) in [5.41, 5.74) is 5.95. The number of benzene rings is 2. The summed E-state index contributed by atoms with van der Waals surface area (Å²) >= 11 is 5.29. The zero-order chi connectivity index (χ0) is 23.2. The third-order valence-electron chi connectivity index (χ3n) is 5.71. The SMILES string of the molecule is Cc1ccc(N2C(=O)/C(=C\c3cc(C)n(-c4ccc(F)cc4)c3C)C(=O)NC2=S)cc1C. The highest BCUT2D eigenvalue weighted by molar-refractivity contribution is 7.80. The molecule has 7 heteroatoms. The molecule has 3 aromatic rings. The standard InChI is InChI=1S/C25H22FN3O2S/c1-14-5-8-21(11-15(14)2)29-24(31)22(23(30)27-25(29)32)13-18-12-16(3)28(17(18)4)20-9-6-19(26)7-10-20/h5-13H,1-4H3,(H,27,30,32)/b22-13-. The Hall–Kier alpha value is -3.58. The van der Waals surface area contributed by atoms with E-state index in [2.05, 4.69) is 5.32 Å². The summed E-state index contributed by atoms with van der Waals surface area (Å²) in [4.78, 5) is 27.3. The van der Waals surface area contributed by atoms with E-state index in [4.69, 9.17) is 12.2 Å². The van der Waals surface area contributed by atoms with Crippen LogP contribution >= 0.6 is 12.2 Å². The Kier molecular flexibility index (Phi) is 5.52. The number of hydrogen-bond acceptors (Lipinski definition) is 3. The van der Waals surface area contributed by atoms with Gasteiger partial charge in [-0.3, -0.25) is 19.8 Å². The second-order valence-corrected chi connectivity index (χ2v) is 8.25. The molecule has 0 atom stereocenters. The van der Waals surface area contributed by atoms with Crippen LogP contribution in [0.3, 0.4) is 0 Å². The molecule has 1 aliphatic heterocycles. The van der Waals surface area contributed by atoms with Crippen LogP contribution in [0.2, 0.25) is 0 Å². The smallest absolute Gasteiger partial charge is 0.270 e. The Balaban J connectivity index is 1.76. The van der Waals surface area contributed by atoms with Gasteiger partial charge >= 0.3 is 0 Å². The minimum Gasteiger partial charge on any atom is -0.318 e. The lowest BCUT2D eigenvalue weighted by Crippen LogP contribution is -2.54. The summed E-state index contributed by atoms with van der Waals surface area (Å²) in [6.45, 7) is 7.74. The Morgan fingerprint density at radius 3 is 2.22 bits per heavy atom. The molecule has 0 unspecified atom stereocenters. The molecule has 4 rings (SSSR count). The highest BCUT2D eigenvalue weighted by atomic mass is 32.1. The number of nitrogens with one attached hydrogen (secondary N) is 1. The van der Waals surface area contributed by atoms with Crippen molar-refractivity contribution in [1.29, 1.82) is 0 Å². The summed E-state index contributed by atoms with van der Waals surface area (Å²) in [6, 6.07) is 13.6. The van der Waals surface area contributed by atoms with Gasteiger partial charge in [0.05, 0.1) is 5.69 Å². The highest BCUT2D eigenvalue weighted by Crippen LogP contribution is 2.27. The van der Waals surface area contributed by atoms with Crippen LogP contribution in [-0.2, 0) is 9.59 Å². The molecule has 0 radical (unpaired) electrons. The van der Waals surface area contributed by atoms with E-state index in [1.165, 1.54) is 17.0 Å². The Morgan fingerprint density at radius 1 is 0.906 bits per heavy atom. The van der Waals surface area contributed by atoms with Gasteiger partial charge in [-0.05, 0) is 105 Å². The topological polar surface area (TPSA) is 54.3 Å². The van der Waals surface area contributed by atoms with Crippen molar-refractivity contribution < 1.29 is 14.0 Å². The molecule has 1 fully saturated rings. The van der Waals surface area contributed by atoms with Crippen LogP contribution in [0, 0.1) is 33.5 Å². The molecule has 1 saturated heterocycles. The van der Waals surface area contributed by atoms with Gasteiger partial charge in [-0.1, -0.05) is 6.07 Å². The van der Waals surface area contributed by atoms with Gasteiger partial charge in [-0.15, -0.1) is 0 Å². The Labute approximate surface area is 191 Å². The minimum absolute atomic E-state index is 0.00353. The van der Waals surface area contributed by atoms with Crippen LogP contribution in [-0.4, -0.2) is 21.5 Å². The predicted octanol–water partition coefficient (Wildman–Crippen LogP) is 4.68. The number of carbonyl (C=O) groups excluding carboxylic acids is 2. The van der Waals surface area contributed by atoms with E-state index in [0.717, 1.165) is 33.8 Å². The van der Waals surface area contributed by atoms with Gasteiger partial charge in [0.1, 0.15) is 11.4 Å². The largest absolute Gasteiger partial charge is 0.318 e. The Bertz CT molecular complexity index is 1310. The van der Waals surface area contributed by atoms with E-state index in [-0.39, 0.29) is 16.5 Å². The zero-order valence-electron chi connectivity index (χ0n) is 18.2. The predicted molar refractivity (Wildman–Crippen MR) is 127 cm³/mol. The molecule has 0 aliphatic carbocycles. The average molecular weight is 448 g/mol. The van der Waals surface area contributed by atoms with Crippen molar-refractivity contribution in [2.45, 2.75) is 27.7 Å². The number of thiocarbonyl (C=S) groups is 1. The van der Waals surface area contributed by atoms with E-state index in [9.17, 15) is 14.0 Å². The van der Waals surface area contributed by atoms with Gasteiger partial charge in [0, 0.05) is 17.1 Å². The first-order valence-electron chi connectivity index (χ1n) is 10.1. The second kappa shape index (κ2) is 8.16. The first-order valence-corrected chi connectivity index (χ1v) is 10.5. The highest BCUT2D eigenvalue weighted by Gasteiger charge is 2.34. The maximum absolute atomic E-state index is 13.3. The van der Waals surface area contributed by atoms with Crippen molar-refractivity contribution in [3.63, 3.8) is 0 Å². The summed E-state index contributed by atoms with van der Waals surface area (Å²) in [6.07, 6.45) is 1.58. The summed E-state index contributed by atoms with van der Waals surface area (Å²) in [7, 11) is 0. The van der Waals surface area contributed by atoms with E-state index in [1.807, 2.05) is 56.5 Å². The van der Waals surface area contributed by atoms with Crippen LogP contribution in [0.4, 0.5) is 10.1 Å². The number of anilines is 1. The normalized spacial score (nSPS) is 15.5. The second-order valence-electron chi connectivity index (χ2n) is 7.86. The molecule has 32 heavy (non-hydrogen) atoms. The summed E-state index contributed by atoms with van der Waals surface area (Å²) in [5.74, 6) is -1.33. The number of carbonyl (C=O) groups is 2. The fourth-order valence-corrected chi connectivity index (χ4v) is 4.11. The maximum Gasteiger partial charge on any atom is 0.270 e. The fraction of sp³-hybridized carbons (Fsp3) is 0.160. The number of hydrogen-bond donors (Lipinski definition) is 1. The third kappa shape index (κ3) is 3.76. The van der Waals surface area contributed by atoms with Gasteiger partial charge < -0.3 is 4.57 Å². The van der Waals surface area contributed by atoms with Crippen LogP contribution in [0.15, 0.2) is 54.1 Å². The van der Waals surface area contributed by atoms with Crippen molar-refractivity contribution in [3.8, 4) is 5.69 Å². The van der Waals surface area contributed by atoms with Crippen molar-refractivity contribution in [2.24, 2.45) is 0 Å². The van der Waals surface area contributed by atoms with Gasteiger partial charge in [-0.25, -0.2) is 4.39 Å². The average Bonchev–Trinajstić information content (AvgIpc) is 3.01. The van der Waals surface area contributed by atoms with Crippen LogP contribution < -0.4 is 10.2 Å². The number of aromatic nitrogens is 1. The number of amides is 2. The Morgan fingerprint density at radius 2 is 1.56 bits per heavy atom. The van der Waals surface area contributed by atoms with E-state index >= 15 is 0 Å². The summed E-state index contributed by atoms with van der Waals surface area (Å²) in [5, 5.41) is 2.68. The molecule has 2 aromatic carbocycles. The molecule has 5 nitrogen and oxygen atoms in total. The van der Waals surface area contributed by atoms with Crippen LogP contribution in [0.25, 0.3) is 11.8 Å². The van der Waals surface area contributed by atoms with Gasteiger partial charge in [0.25, 0.3) is 11.8 Å². The van der Waals surface area contributed by atoms with E-state index < -0.39 is 11.8 Å². The molecule has 1 aliphatic rings. The number of halogens is 1. The molecule has 0 spiro atoms. The summed E-state index contributed by atoms with van der Waals surface area (Å²) < 4.78 is 15.3. The van der Waals surface area contributed by atoms with Crippen molar-refractivity contribution in [1.82, 2.24) is 9.88 Å². The van der Waals surface area contributed by atoms with E-state index in [0.29, 0.717) is 5.69 Å². The lowest BCUT2D eigenvalue weighted by Gasteiger charge is -2.29. The molecular formula is C25H22FN3O2S. The first-order chi connectivity index (χ1) is 15.2. The van der Waals surface area contributed by atoms with Crippen molar-refractivity contribution in [2.75, 3.05) is 4.90 Å². The molecular weight excluding hydrogens is 425 g/mol. The molecule has 162 valence electrons. The van der Waals surface area contributed by atoms with Crippen molar-refractivity contribution in [3.05, 3.63) is 88.0 Å². The zero-order valence-corrected chi connectivity index (χ0v) is 19.0. The first kappa shape index (κ1) is 21.6. The molecule has 1 aromatic heterocycles. The third-order valence-corrected chi connectivity index (χ3v) is 5.99. The molecule has 2 heterocycles. The van der Waals surface area contributed by atoms with Crippen molar-refractivity contribution >= 4 is 40.9 Å². The maximum atomic E-state index is 13.3. The lowest BCUT2D eigenvalue weighted by atomic mass is 10.1. The number of aryl methyl sites for hydroxylation is 3. The molecule has 0 bridgehead atoms. The minimum atomic E-state index is -0.535. The van der Waals surface area contributed by atoms with Crippen LogP contribution in [0.1, 0.15) is 28.1 Å². The monoisotopic (exact) mass is 447 g/mol. The van der Waals surface area contributed by atoms with E-state index in [1.54, 1.807) is 18.2 Å². The molecule has 0 saturated carbocycles. The van der Waals surface area contributed by atoms with Gasteiger partial charge in [0.2, 0.25) is 0 Å².